The highest BCUT2D eigenvalue weighted by Gasteiger charge is 2.28. The molecule has 0 rings (SSSR count). The first-order chi connectivity index (χ1) is 8.39. The van der Waals surface area contributed by atoms with Crippen molar-refractivity contribution in [2.45, 2.75) is 91.0 Å². The first-order valence-electron chi connectivity index (χ1n) is 7.69. The SMILES string of the molecule is CCCCCCCCCCC(C(C)=O)C(C)(C)N.Cl. The molecule has 0 heterocycles. The predicted molar refractivity (Wildman–Crippen MR) is 86.9 cm³/mol. The molecule has 2 N–H and O–H groups in total. The largest absolute Gasteiger partial charge is 0.325 e. The molecule has 1 unspecified atom stereocenters. The van der Waals surface area contributed by atoms with Gasteiger partial charge in [-0.3, -0.25) is 4.79 Å². The second-order valence-corrected chi connectivity index (χ2v) is 6.25. The third-order valence-corrected chi connectivity index (χ3v) is 3.74. The lowest BCUT2D eigenvalue weighted by molar-refractivity contribution is -0.122. The van der Waals surface area contributed by atoms with Gasteiger partial charge in [-0.2, -0.15) is 0 Å². The monoisotopic (exact) mass is 291 g/mol. The van der Waals surface area contributed by atoms with Crippen LogP contribution >= 0.6 is 12.4 Å². The molecule has 0 saturated carbocycles. The lowest BCUT2D eigenvalue weighted by Crippen LogP contribution is -2.44. The summed E-state index contributed by atoms with van der Waals surface area (Å²) in [5.41, 5.74) is 5.69. The second kappa shape index (κ2) is 11.7. The highest BCUT2D eigenvalue weighted by molar-refractivity contribution is 5.85. The van der Waals surface area contributed by atoms with Crippen molar-refractivity contribution in [1.82, 2.24) is 0 Å². The Balaban J connectivity index is 0. The van der Waals surface area contributed by atoms with Crippen LogP contribution in [-0.2, 0) is 4.79 Å². The molecule has 0 spiro atoms. The fourth-order valence-electron chi connectivity index (χ4n) is 2.58. The average molecular weight is 292 g/mol. The van der Waals surface area contributed by atoms with E-state index in [1.54, 1.807) is 6.92 Å². The molecule has 0 radical (unpaired) electrons. The molecule has 0 aliphatic heterocycles. The fraction of sp³-hybridized carbons (Fsp3) is 0.938. The lowest BCUT2D eigenvalue weighted by Gasteiger charge is -2.28. The zero-order valence-electron chi connectivity index (χ0n) is 13.3. The Morgan fingerprint density at radius 2 is 1.42 bits per heavy atom. The van der Waals surface area contributed by atoms with Crippen LogP contribution in [0.5, 0.6) is 0 Å². The summed E-state index contributed by atoms with van der Waals surface area (Å²) in [4.78, 5) is 11.5. The van der Waals surface area contributed by atoms with E-state index in [0.717, 1.165) is 12.8 Å². The summed E-state index contributed by atoms with van der Waals surface area (Å²) in [6.07, 6.45) is 11.4. The smallest absolute Gasteiger partial charge is 0.134 e. The van der Waals surface area contributed by atoms with Crippen molar-refractivity contribution in [3.8, 4) is 0 Å². The Bertz CT molecular complexity index is 223. The van der Waals surface area contributed by atoms with Crippen LogP contribution in [0.1, 0.15) is 85.5 Å². The van der Waals surface area contributed by atoms with Crippen LogP contribution in [0, 0.1) is 5.92 Å². The van der Waals surface area contributed by atoms with Gasteiger partial charge in [0, 0.05) is 11.5 Å². The van der Waals surface area contributed by atoms with E-state index in [0.29, 0.717) is 0 Å². The van der Waals surface area contributed by atoms with Gasteiger partial charge in [0.25, 0.3) is 0 Å². The summed E-state index contributed by atoms with van der Waals surface area (Å²) in [5, 5.41) is 0. The number of Topliss-reactive ketones (excluding diaryl/α,β-unsaturated/α-hetero) is 1. The molecule has 2 nitrogen and oxygen atoms in total. The molecule has 0 bridgehead atoms. The first kappa shape index (κ1) is 21.2. The number of unbranched alkanes of at least 4 members (excludes halogenated alkanes) is 7. The Labute approximate surface area is 126 Å². The third kappa shape index (κ3) is 11.4. The lowest BCUT2D eigenvalue weighted by atomic mass is 9.81. The minimum absolute atomic E-state index is 0. The van der Waals surface area contributed by atoms with Gasteiger partial charge in [-0.25, -0.2) is 0 Å². The number of carbonyl (C=O) groups excluding carboxylic acids is 1. The van der Waals surface area contributed by atoms with Gasteiger partial charge in [-0.1, -0.05) is 58.3 Å². The van der Waals surface area contributed by atoms with Crippen LogP contribution in [0.2, 0.25) is 0 Å². The molecule has 19 heavy (non-hydrogen) atoms. The van der Waals surface area contributed by atoms with Crippen molar-refractivity contribution in [3.05, 3.63) is 0 Å². The first-order valence-corrected chi connectivity index (χ1v) is 7.69. The Morgan fingerprint density at radius 3 is 1.79 bits per heavy atom. The van der Waals surface area contributed by atoms with E-state index in [4.69, 9.17) is 5.73 Å². The molecule has 0 aromatic heterocycles. The number of hydrogen-bond donors (Lipinski definition) is 1. The Kier molecular flexibility index (Phi) is 13.1. The summed E-state index contributed by atoms with van der Waals surface area (Å²) in [6.45, 7) is 7.84. The summed E-state index contributed by atoms with van der Waals surface area (Å²) in [5.74, 6) is 0.267. The zero-order valence-corrected chi connectivity index (χ0v) is 14.2. The highest BCUT2D eigenvalue weighted by atomic mass is 35.5. The van der Waals surface area contributed by atoms with Gasteiger partial charge in [0.05, 0.1) is 0 Å². The number of ketones is 1. The molecule has 0 aromatic rings. The fourth-order valence-corrected chi connectivity index (χ4v) is 2.58. The van der Waals surface area contributed by atoms with E-state index in [2.05, 4.69) is 6.92 Å². The summed E-state index contributed by atoms with van der Waals surface area (Å²) in [7, 11) is 0. The molecule has 0 fully saturated rings. The van der Waals surface area contributed by atoms with Crippen LogP contribution in [0.25, 0.3) is 0 Å². The molecular formula is C16H34ClNO. The normalized spacial score (nSPS) is 12.9. The molecule has 3 heteroatoms. The molecule has 116 valence electrons. The van der Waals surface area contributed by atoms with Gasteiger partial charge in [0.15, 0.2) is 0 Å². The van der Waals surface area contributed by atoms with E-state index in [1.807, 2.05) is 13.8 Å². The third-order valence-electron chi connectivity index (χ3n) is 3.74. The topological polar surface area (TPSA) is 43.1 Å². The van der Waals surface area contributed by atoms with E-state index in [9.17, 15) is 4.79 Å². The maximum absolute atomic E-state index is 11.5. The van der Waals surface area contributed by atoms with Crippen molar-refractivity contribution in [1.29, 1.82) is 0 Å². The van der Waals surface area contributed by atoms with Crippen molar-refractivity contribution in [2.24, 2.45) is 11.7 Å². The molecule has 1 atom stereocenters. The molecule has 0 amide bonds. The molecule has 0 aromatic carbocycles. The molecular weight excluding hydrogens is 258 g/mol. The van der Waals surface area contributed by atoms with Crippen molar-refractivity contribution >= 4 is 18.2 Å². The minimum Gasteiger partial charge on any atom is -0.325 e. The van der Waals surface area contributed by atoms with E-state index >= 15 is 0 Å². The Morgan fingerprint density at radius 1 is 1.00 bits per heavy atom. The van der Waals surface area contributed by atoms with Crippen LogP contribution in [0.4, 0.5) is 0 Å². The van der Waals surface area contributed by atoms with Gasteiger partial charge in [0.1, 0.15) is 5.78 Å². The van der Waals surface area contributed by atoms with Gasteiger partial charge in [-0.05, 0) is 27.2 Å². The van der Waals surface area contributed by atoms with Crippen molar-refractivity contribution < 1.29 is 4.79 Å². The average Bonchev–Trinajstić information content (AvgIpc) is 2.24. The van der Waals surface area contributed by atoms with Gasteiger partial charge < -0.3 is 5.73 Å². The van der Waals surface area contributed by atoms with Crippen LogP contribution in [0.15, 0.2) is 0 Å². The summed E-state index contributed by atoms with van der Waals surface area (Å²) < 4.78 is 0. The van der Waals surface area contributed by atoms with E-state index in [-0.39, 0.29) is 29.6 Å². The van der Waals surface area contributed by atoms with Gasteiger partial charge in [0.2, 0.25) is 0 Å². The van der Waals surface area contributed by atoms with Gasteiger partial charge >= 0.3 is 0 Å². The number of nitrogens with two attached hydrogens (primary N) is 1. The zero-order chi connectivity index (χ0) is 14.0. The van der Waals surface area contributed by atoms with E-state index in [1.165, 1.54) is 44.9 Å². The number of hydrogen-bond acceptors (Lipinski definition) is 2. The van der Waals surface area contributed by atoms with Crippen LogP contribution < -0.4 is 5.73 Å². The molecule has 0 aliphatic carbocycles. The molecule has 0 saturated heterocycles. The number of halogens is 1. The summed E-state index contributed by atoms with van der Waals surface area (Å²) in [6, 6.07) is 0. The summed E-state index contributed by atoms with van der Waals surface area (Å²) >= 11 is 0. The van der Waals surface area contributed by atoms with Crippen molar-refractivity contribution in [3.63, 3.8) is 0 Å². The second-order valence-electron chi connectivity index (χ2n) is 6.25. The van der Waals surface area contributed by atoms with Crippen LogP contribution in [0.3, 0.4) is 0 Å². The standard InChI is InChI=1S/C16H33NO.ClH/c1-5-6-7-8-9-10-11-12-13-15(14(2)18)16(3,4)17;/h15H,5-13,17H2,1-4H3;1H. The Hall–Kier alpha value is -0.0800. The van der Waals surface area contributed by atoms with Gasteiger partial charge in [-0.15, -0.1) is 12.4 Å². The maximum Gasteiger partial charge on any atom is 0.134 e. The maximum atomic E-state index is 11.5. The van der Waals surface area contributed by atoms with Crippen LogP contribution in [-0.4, -0.2) is 11.3 Å². The molecule has 0 aliphatic rings. The minimum atomic E-state index is -0.368. The van der Waals surface area contributed by atoms with E-state index < -0.39 is 0 Å². The number of carbonyl (C=O) groups is 1. The van der Waals surface area contributed by atoms with Crippen molar-refractivity contribution in [2.75, 3.05) is 0 Å². The highest BCUT2D eigenvalue weighted by Crippen LogP contribution is 2.22. The quantitative estimate of drug-likeness (QED) is 0.551. The predicted octanol–water partition coefficient (Wildman–Crippen LogP) is 4.88. The number of rotatable bonds is 11.